The maximum absolute atomic E-state index is 12.9. The molecule has 182 valence electrons. The Morgan fingerprint density at radius 3 is 1.89 bits per heavy atom. The normalized spacial score (nSPS) is 18.1. The van der Waals surface area contributed by atoms with E-state index in [1.807, 2.05) is 26.0 Å². The Bertz CT molecular complexity index is 1350. The first kappa shape index (κ1) is 24.8. The largest absolute Gasteiger partial charge is 0.497 e. The van der Waals surface area contributed by atoms with Crippen LogP contribution in [0.4, 0.5) is 0 Å². The molecule has 35 heavy (non-hydrogen) atoms. The average molecular weight is 489 g/mol. The minimum absolute atomic E-state index is 0.157. The number of hydrogen-bond acceptors (Lipinski definition) is 4. The minimum Gasteiger partial charge on any atom is -0.497 e. The molecule has 0 bridgehead atoms. The Hall–Kier alpha value is -3.31. The molecule has 4 nitrogen and oxygen atoms in total. The van der Waals surface area contributed by atoms with Gasteiger partial charge in [0.1, 0.15) is 17.1 Å². The van der Waals surface area contributed by atoms with Gasteiger partial charge in [0.15, 0.2) is 0 Å². The fourth-order valence-corrected chi connectivity index (χ4v) is 5.50. The molecule has 3 aromatic carbocycles. The van der Waals surface area contributed by atoms with E-state index in [9.17, 15) is 8.42 Å². The van der Waals surface area contributed by atoms with Crippen molar-refractivity contribution in [3.8, 4) is 11.5 Å². The molecule has 1 atom stereocenters. The average Bonchev–Trinajstić information content (AvgIpc) is 2.85. The van der Waals surface area contributed by atoms with Crippen LogP contribution in [0.15, 0.2) is 106 Å². The predicted octanol–water partition coefficient (Wildman–Crippen LogP) is 6.84. The fourth-order valence-electron chi connectivity index (χ4n) is 4.24. The van der Waals surface area contributed by atoms with E-state index in [0.29, 0.717) is 12.2 Å². The first-order chi connectivity index (χ1) is 16.5. The van der Waals surface area contributed by atoms with E-state index in [-0.39, 0.29) is 15.2 Å². The van der Waals surface area contributed by atoms with Crippen molar-refractivity contribution in [1.82, 2.24) is 0 Å². The highest BCUT2D eigenvalue weighted by Crippen LogP contribution is 2.38. The van der Waals surface area contributed by atoms with E-state index in [2.05, 4.69) is 44.2 Å². The molecule has 0 saturated carbocycles. The Morgan fingerprint density at radius 1 is 0.829 bits per heavy atom. The van der Waals surface area contributed by atoms with Gasteiger partial charge in [-0.2, -0.15) is 0 Å². The smallest absolute Gasteiger partial charge is 0.206 e. The standard InChI is InChI=1S/C30H32O4S/c1-22-6-14-27(15-7-22)35(31,32)28-16-12-26(13-17-28)34-30(4)20-18-24(19-21-30)29(2,3)23-8-10-25(33-5)11-9-23/h6-20H,21H2,1-5H3. The molecule has 4 rings (SSSR count). The summed E-state index contributed by atoms with van der Waals surface area (Å²) in [6.45, 7) is 8.39. The number of rotatable bonds is 7. The molecule has 0 spiro atoms. The second-order valence-electron chi connectivity index (χ2n) is 9.75. The van der Waals surface area contributed by atoms with Crippen LogP contribution >= 0.6 is 0 Å². The van der Waals surface area contributed by atoms with Crippen LogP contribution in [0.25, 0.3) is 0 Å². The molecule has 0 fully saturated rings. The highest BCUT2D eigenvalue weighted by molar-refractivity contribution is 7.91. The topological polar surface area (TPSA) is 52.6 Å². The SMILES string of the molecule is COc1ccc(C(C)(C)C2=CCC(C)(Oc3ccc(S(=O)(=O)c4ccc(C)cc4)cc3)C=C2)cc1. The first-order valence-corrected chi connectivity index (χ1v) is 13.2. The molecule has 1 unspecified atom stereocenters. The Balaban J connectivity index is 1.46. The summed E-state index contributed by atoms with van der Waals surface area (Å²) in [5.74, 6) is 1.47. The van der Waals surface area contributed by atoms with E-state index in [1.54, 1.807) is 55.6 Å². The molecule has 3 aromatic rings. The maximum Gasteiger partial charge on any atom is 0.206 e. The van der Waals surface area contributed by atoms with E-state index in [1.165, 1.54) is 11.1 Å². The molecule has 5 heteroatoms. The van der Waals surface area contributed by atoms with Crippen LogP contribution in [0, 0.1) is 6.92 Å². The molecule has 1 aliphatic rings. The second-order valence-corrected chi connectivity index (χ2v) is 11.7. The van der Waals surface area contributed by atoms with Gasteiger partial charge < -0.3 is 9.47 Å². The molecule has 0 radical (unpaired) electrons. The summed E-state index contributed by atoms with van der Waals surface area (Å²) in [7, 11) is -1.89. The molecule has 0 saturated heterocycles. The molecule has 1 aliphatic carbocycles. The zero-order chi connectivity index (χ0) is 25.3. The van der Waals surface area contributed by atoms with Gasteiger partial charge in [0.05, 0.1) is 16.9 Å². The van der Waals surface area contributed by atoms with Gasteiger partial charge >= 0.3 is 0 Å². The van der Waals surface area contributed by atoms with Crippen LogP contribution in [0.5, 0.6) is 11.5 Å². The third-order valence-corrected chi connectivity index (χ3v) is 8.48. The van der Waals surface area contributed by atoms with E-state index in [4.69, 9.17) is 9.47 Å². The van der Waals surface area contributed by atoms with Crippen molar-refractivity contribution in [2.45, 2.75) is 54.9 Å². The van der Waals surface area contributed by atoms with Crippen LogP contribution in [-0.4, -0.2) is 21.1 Å². The Kier molecular flexibility index (Phi) is 6.65. The number of methoxy groups -OCH3 is 1. The quantitative estimate of drug-likeness (QED) is 0.365. The minimum atomic E-state index is -3.56. The van der Waals surface area contributed by atoms with Crippen molar-refractivity contribution in [3.63, 3.8) is 0 Å². The summed E-state index contributed by atoms with van der Waals surface area (Å²) in [5.41, 5.74) is 2.78. The van der Waals surface area contributed by atoms with Gasteiger partial charge in [-0.15, -0.1) is 0 Å². The maximum atomic E-state index is 12.9. The van der Waals surface area contributed by atoms with Crippen LogP contribution in [0.1, 0.15) is 38.3 Å². The van der Waals surface area contributed by atoms with Crippen molar-refractivity contribution in [2.75, 3.05) is 7.11 Å². The Labute approximate surface area is 208 Å². The second kappa shape index (κ2) is 9.38. The van der Waals surface area contributed by atoms with Crippen LogP contribution in [-0.2, 0) is 15.3 Å². The number of sulfone groups is 1. The van der Waals surface area contributed by atoms with Crippen LogP contribution in [0.3, 0.4) is 0 Å². The van der Waals surface area contributed by atoms with Crippen LogP contribution < -0.4 is 9.47 Å². The van der Waals surface area contributed by atoms with E-state index >= 15 is 0 Å². The van der Waals surface area contributed by atoms with E-state index < -0.39 is 15.4 Å². The predicted molar refractivity (Wildman–Crippen MR) is 140 cm³/mol. The molecular formula is C30H32O4S. The lowest BCUT2D eigenvalue weighted by Gasteiger charge is -2.34. The summed E-state index contributed by atoms with van der Waals surface area (Å²) in [6.07, 6.45) is 7.15. The van der Waals surface area contributed by atoms with Gasteiger partial charge in [-0.3, -0.25) is 0 Å². The van der Waals surface area contributed by atoms with Crippen molar-refractivity contribution in [1.29, 1.82) is 0 Å². The summed E-state index contributed by atoms with van der Waals surface area (Å²) in [6, 6.07) is 21.7. The monoisotopic (exact) mass is 488 g/mol. The molecule has 0 N–H and O–H groups in total. The van der Waals surface area contributed by atoms with Crippen molar-refractivity contribution >= 4 is 9.84 Å². The van der Waals surface area contributed by atoms with Gasteiger partial charge in [0.2, 0.25) is 9.84 Å². The first-order valence-electron chi connectivity index (χ1n) is 11.7. The van der Waals surface area contributed by atoms with E-state index in [0.717, 1.165) is 11.3 Å². The number of allylic oxidation sites excluding steroid dienone is 2. The highest BCUT2D eigenvalue weighted by atomic mass is 32.2. The highest BCUT2D eigenvalue weighted by Gasteiger charge is 2.31. The van der Waals surface area contributed by atoms with Crippen molar-refractivity contribution < 1.29 is 17.9 Å². The number of aryl methyl sites for hydroxylation is 1. The van der Waals surface area contributed by atoms with Gasteiger partial charge in [0, 0.05) is 11.8 Å². The third kappa shape index (κ3) is 5.20. The molecular weight excluding hydrogens is 456 g/mol. The number of ether oxygens (including phenoxy) is 2. The zero-order valence-electron chi connectivity index (χ0n) is 20.9. The lowest BCUT2D eigenvalue weighted by Crippen LogP contribution is -2.32. The van der Waals surface area contributed by atoms with Crippen LogP contribution in [0.2, 0.25) is 0 Å². The molecule has 0 aromatic heterocycles. The summed E-state index contributed by atoms with van der Waals surface area (Å²) < 4.78 is 37.4. The van der Waals surface area contributed by atoms with Gasteiger partial charge in [-0.1, -0.05) is 55.8 Å². The summed E-state index contributed by atoms with van der Waals surface area (Å²) >= 11 is 0. The molecule has 0 aliphatic heterocycles. The molecule has 0 heterocycles. The lowest BCUT2D eigenvalue weighted by molar-refractivity contribution is 0.142. The van der Waals surface area contributed by atoms with Gasteiger partial charge in [-0.25, -0.2) is 8.42 Å². The fraction of sp³-hybridized carbons (Fsp3) is 0.267. The lowest BCUT2D eigenvalue weighted by atomic mass is 9.74. The summed E-state index contributed by atoms with van der Waals surface area (Å²) in [5, 5.41) is 0. The number of hydrogen-bond donors (Lipinski definition) is 0. The van der Waals surface area contributed by atoms with Crippen molar-refractivity contribution in [3.05, 3.63) is 108 Å². The Morgan fingerprint density at radius 2 is 1.37 bits per heavy atom. The third-order valence-electron chi connectivity index (χ3n) is 6.69. The van der Waals surface area contributed by atoms with Gasteiger partial charge in [0.25, 0.3) is 0 Å². The summed E-state index contributed by atoms with van der Waals surface area (Å²) in [4.78, 5) is 0.539. The molecule has 0 amide bonds. The number of benzene rings is 3. The zero-order valence-corrected chi connectivity index (χ0v) is 21.7. The van der Waals surface area contributed by atoms with Gasteiger partial charge in [-0.05, 0) is 79.6 Å². The van der Waals surface area contributed by atoms with Crippen molar-refractivity contribution in [2.24, 2.45) is 0 Å².